The summed E-state index contributed by atoms with van der Waals surface area (Å²) in [6, 6.07) is 9.51. The second-order valence-corrected chi connectivity index (χ2v) is 5.38. The molecule has 1 aromatic carbocycles. The Balaban J connectivity index is 1.76. The number of aliphatic hydroxyl groups is 1. The molecule has 1 N–H and O–H groups in total. The molecule has 1 amide bonds. The van der Waals surface area contributed by atoms with Crippen LogP contribution < -0.4 is 4.90 Å². The third-order valence-corrected chi connectivity index (χ3v) is 4.09. The number of benzene rings is 1. The van der Waals surface area contributed by atoms with Crippen LogP contribution in [0.5, 0.6) is 0 Å². The molecule has 2 heterocycles. The van der Waals surface area contributed by atoms with E-state index in [0.29, 0.717) is 26.2 Å². The number of para-hydroxylation sites is 1. The summed E-state index contributed by atoms with van der Waals surface area (Å²) in [5, 5.41) is 10.4. The molecular weight excluding hydrogens is 258 g/mol. The average Bonchev–Trinajstić information content (AvgIpc) is 3.06. The van der Waals surface area contributed by atoms with E-state index in [2.05, 4.69) is 0 Å². The van der Waals surface area contributed by atoms with Gasteiger partial charge in [-0.1, -0.05) is 18.2 Å². The van der Waals surface area contributed by atoms with Gasteiger partial charge < -0.3 is 19.5 Å². The van der Waals surface area contributed by atoms with E-state index in [1.807, 2.05) is 30.3 Å². The molecule has 2 saturated heterocycles. The third kappa shape index (κ3) is 2.22. The Kier molecular flexibility index (Phi) is 3.50. The van der Waals surface area contributed by atoms with Gasteiger partial charge in [0.15, 0.2) is 5.79 Å². The predicted molar refractivity (Wildman–Crippen MR) is 73.2 cm³/mol. The van der Waals surface area contributed by atoms with E-state index < -0.39 is 17.8 Å². The summed E-state index contributed by atoms with van der Waals surface area (Å²) in [5.41, 5.74) is 0.866. The topological polar surface area (TPSA) is 59.0 Å². The van der Waals surface area contributed by atoms with Gasteiger partial charge in [-0.05, 0) is 25.5 Å². The lowest BCUT2D eigenvalue weighted by Crippen LogP contribution is -2.47. The van der Waals surface area contributed by atoms with Crippen LogP contribution in [-0.2, 0) is 14.3 Å². The van der Waals surface area contributed by atoms with Crippen molar-refractivity contribution in [3.05, 3.63) is 30.3 Å². The zero-order valence-corrected chi connectivity index (χ0v) is 11.5. The number of ether oxygens (including phenoxy) is 2. The molecule has 0 bridgehead atoms. The van der Waals surface area contributed by atoms with Crippen LogP contribution in [0.2, 0.25) is 0 Å². The number of hydrogen-bond donors (Lipinski definition) is 1. The summed E-state index contributed by atoms with van der Waals surface area (Å²) in [6.45, 7) is 3.22. The monoisotopic (exact) mass is 277 g/mol. The molecule has 108 valence electrons. The van der Waals surface area contributed by atoms with E-state index in [-0.39, 0.29) is 5.91 Å². The maximum atomic E-state index is 12.5. The first-order valence-electron chi connectivity index (χ1n) is 6.94. The molecule has 3 rings (SSSR count). The zero-order chi connectivity index (χ0) is 14.2. The highest BCUT2D eigenvalue weighted by Crippen LogP contribution is 2.34. The molecule has 20 heavy (non-hydrogen) atoms. The number of rotatable bonds is 3. The number of aliphatic hydroxyl groups excluding tert-OH is 1. The van der Waals surface area contributed by atoms with Gasteiger partial charge in [-0.2, -0.15) is 0 Å². The van der Waals surface area contributed by atoms with Crippen LogP contribution in [0.4, 0.5) is 5.69 Å². The predicted octanol–water partition coefficient (Wildman–Crippen LogP) is 1.16. The lowest BCUT2D eigenvalue weighted by Gasteiger charge is -2.31. The van der Waals surface area contributed by atoms with Gasteiger partial charge in [0.1, 0.15) is 6.10 Å². The molecule has 2 fully saturated rings. The van der Waals surface area contributed by atoms with Gasteiger partial charge in [-0.25, -0.2) is 0 Å². The summed E-state index contributed by atoms with van der Waals surface area (Å²) < 4.78 is 10.9. The lowest BCUT2D eigenvalue weighted by atomic mass is 9.94. The Bertz CT molecular complexity index is 484. The molecule has 0 aromatic heterocycles. The Morgan fingerprint density at radius 1 is 1.30 bits per heavy atom. The van der Waals surface area contributed by atoms with Crippen molar-refractivity contribution in [3.8, 4) is 0 Å². The smallest absolute Gasteiger partial charge is 0.232 e. The molecule has 0 radical (unpaired) electrons. The summed E-state index contributed by atoms with van der Waals surface area (Å²) in [6.07, 6.45) is -0.330. The van der Waals surface area contributed by atoms with Gasteiger partial charge in [0.2, 0.25) is 5.91 Å². The summed E-state index contributed by atoms with van der Waals surface area (Å²) in [5.74, 6) is -1.60. The summed E-state index contributed by atoms with van der Waals surface area (Å²) in [4.78, 5) is 14.2. The standard InChI is InChI=1S/C15H19NO4/c1-15(19-9-10-20-15)13(17)12-7-8-16(14(12)18)11-5-3-2-4-6-11/h2-6,12-13,17H,7-10H2,1H3/t12-,13-/m1/s1. The van der Waals surface area contributed by atoms with Gasteiger partial charge >= 0.3 is 0 Å². The average molecular weight is 277 g/mol. The van der Waals surface area contributed by atoms with E-state index in [9.17, 15) is 9.90 Å². The van der Waals surface area contributed by atoms with E-state index in [1.54, 1.807) is 11.8 Å². The summed E-state index contributed by atoms with van der Waals surface area (Å²) in [7, 11) is 0. The van der Waals surface area contributed by atoms with Crippen molar-refractivity contribution >= 4 is 11.6 Å². The number of anilines is 1. The van der Waals surface area contributed by atoms with Crippen molar-refractivity contribution in [1.29, 1.82) is 0 Å². The maximum Gasteiger partial charge on any atom is 0.232 e. The molecule has 2 aliphatic heterocycles. The van der Waals surface area contributed by atoms with E-state index >= 15 is 0 Å². The van der Waals surface area contributed by atoms with Gasteiger partial charge in [0.25, 0.3) is 0 Å². The second kappa shape index (κ2) is 5.16. The van der Waals surface area contributed by atoms with Crippen LogP contribution >= 0.6 is 0 Å². The Morgan fingerprint density at radius 3 is 2.60 bits per heavy atom. The molecule has 1 aromatic rings. The maximum absolute atomic E-state index is 12.5. The fourth-order valence-electron chi connectivity index (χ4n) is 2.93. The van der Waals surface area contributed by atoms with Crippen LogP contribution in [0, 0.1) is 5.92 Å². The highest BCUT2D eigenvalue weighted by atomic mass is 16.7. The first-order valence-corrected chi connectivity index (χ1v) is 6.94. The fraction of sp³-hybridized carbons (Fsp3) is 0.533. The minimum absolute atomic E-state index is 0.0657. The molecule has 5 heteroatoms. The normalized spacial score (nSPS) is 27.0. The van der Waals surface area contributed by atoms with Gasteiger partial charge in [-0.15, -0.1) is 0 Å². The molecule has 0 aliphatic carbocycles. The van der Waals surface area contributed by atoms with E-state index in [0.717, 1.165) is 5.69 Å². The highest BCUT2D eigenvalue weighted by molar-refractivity contribution is 5.97. The number of amides is 1. The van der Waals surface area contributed by atoms with Crippen LogP contribution in [0.15, 0.2) is 30.3 Å². The molecule has 0 saturated carbocycles. The van der Waals surface area contributed by atoms with E-state index in [4.69, 9.17) is 9.47 Å². The zero-order valence-electron chi connectivity index (χ0n) is 11.5. The van der Waals surface area contributed by atoms with Crippen LogP contribution in [-0.4, -0.2) is 42.7 Å². The Hall–Kier alpha value is -1.43. The first kappa shape index (κ1) is 13.5. The number of carbonyl (C=O) groups is 1. The minimum atomic E-state index is -1.06. The fourth-order valence-corrected chi connectivity index (χ4v) is 2.93. The Labute approximate surface area is 118 Å². The van der Waals surface area contributed by atoms with Crippen molar-refractivity contribution in [3.63, 3.8) is 0 Å². The van der Waals surface area contributed by atoms with Crippen molar-refractivity contribution in [2.24, 2.45) is 5.92 Å². The van der Waals surface area contributed by atoms with Crippen molar-refractivity contribution in [2.45, 2.75) is 25.2 Å². The van der Waals surface area contributed by atoms with E-state index in [1.165, 1.54) is 0 Å². The largest absolute Gasteiger partial charge is 0.387 e. The molecule has 5 nitrogen and oxygen atoms in total. The van der Waals surface area contributed by atoms with Gasteiger partial charge in [0.05, 0.1) is 19.1 Å². The number of carbonyl (C=O) groups excluding carboxylic acids is 1. The second-order valence-electron chi connectivity index (χ2n) is 5.38. The molecule has 2 atom stereocenters. The van der Waals surface area contributed by atoms with Crippen molar-refractivity contribution in [1.82, 2.24) is 0 Å². The molecular formula is C15H19NO4. The lowest BCUT2D eigenvalue weighted by molar-refractivity contribution is -0.219. The van der Waals surface area contributed by atoms with Gasteiger partial charge in [0, 0.05) is 12.2 Å². The van der Waals surface area contributed by atoms with Crippen LogP contribution in [0.1, 0.15) is 13.3 Å². The third-order valence-electron chi connectivity index (χ3n) is 4.09. The molecule has 0 spiro atoms. The molecule has 0 unspecified atom stereocenters. The Morgan fingerprint density at radius 2 is 1.95 bits per heavy atom. The molecule has 2 aliphatic rings. The SMILES string of the molecule is CC1([C@H](O)[C@H]2CCN(c3ccccc3)C2=O)OCCO1. The first-order chi connectivity index (χ1) is 9.62. The number of hydrogen-bond acceptors (Lipinski definition) is 4. The summed E-state index contributed by atoms with van der Waals surface area (Å²) >= 11 is 0. The van der Waals surface area contributed by atoms with Crippen molar-refractivity contribution in [2.75, 3.05) is 24.7 Å². The van der Waals surface area contributed by atoms with Gasteiger partial charge in [-0.3, -0.25) is 4.79 Å². The van der Waals surface area contributed by atoms with Crippen LogP contribution in [0.25, 0.3) is 0 Å². The number of nitrogens with zero attached hydrogens (tertiary/aromatic N) is 1. The minimum Gasteiger partial charge on any atom is -0.387 e. The van der Waals surface area contributed by atoms with Crippen molar-refractivity contribution < 1.29 is 19.4 Å². The highest BCUT2D eigenvalue weighted by Gasteiger charge is 2.48. The quantitative estimate of drug-likeness (QED) is 0.901. The van der Waals surface area contributed by atoms with Crippen LogP contribution in [0.3, 0.4) is 0 Å².